The summed E-state index contributed by atoms with van der Waals surface area (Å²) in [6.45, 7) is 0.980. The lowest BCUT2D eigenvalue weighted by molar-refractivity contribution is 0.246. The first kappa shape index (κ1) is 14.7. The van der Waals surface area contributed by atoms with Crippen LogP contribution < -0.4 is 15.2 Å². The number of rotatable bonds is 6. The van der Waals surface area contributed by atoms with Gasteiger partial charge in [-0.05, 0) is 52.3 Å². The minimum atomic E-state index is -0.318. The molecule has 0 amide bonds. The van der Waals surface area contributed by atoms with E-state index in [2.05, 4.69) is 15.9 Å². The van der Waals surface area contributed by atoms with Gasteiger partial charge >= 0.3 is 0 Å². The fourth-order valence-corrected chi connectivity index (χ4v) is 1.94. The Morgan fingerprint density at radius 2 is 1.70 bits per heavy atom. The van der Waals surface area contributed by atoms with E-state index in [1.165, 1.54) is 12.1 Å². The van der Waals surface area contributed by atoms with Gasteiger partial charge in [-0.15, -0.1) is 0 Å². The molecule has 2 aromatic rings. The van der Waals surface area contributed by atoms with Crippen molar-refractivity contribution in [1.29, 1.82) is 0 Å². The minimum absolute atomic E-state index is 0.318. The van der Waals surface area contributed by atoms with Crippen LogP contribution in [0.4, 0.5) is 10.1 Å². The summed E-state index contributed by atoms with van der Waals surface area (Å²) < 4.78 is 24.8. The van der Waals surface area contributed by atoms with Crippen LogP contribution in [0.2, 0.25) is 0 Å². The van der Waals surface area contributed by atoms with E-state index in [4.69, 9.17) is 15.2 Å². The van der Waals surface area contributed by atoms with Crippen LogP contribution in [0.15, 0.2) is 46.9 Å². The van der Waals surface area contributed by atoms with E-state index in [0.717, 1.165) is 10.2 Å². The van der Waals surface area contributed by atoms with Gasteiger partial charge in [0.25, 0.3) is 0 Å². The summed E-state index contributed by atoms with van der Waals surface area (Å²) in [6, 6.07) is 11.6. The van der Waals surface area contributed by atoms with Crippen molar-refractivity contribution in [3.63, 3.8) is 0 Å². The summed E-state index contributed by atoms with van der Waals surface area (Å²) in [6.07, 6.45) is 0.702. The average molecular weight is 340 g/mol. The average Bonchev–Trinajstić information content (AvgIpc) is 2.44. The normalized spacial score (nSPS) is 10.3. The van der Waals surface area contributed by atoms with Gasteiger partial charge < -0.3 is 15.2 Å². The number of anilines is 1. The lowest BCUT2D eigenvalue weighted by atomic mass is 10.3. The standard InChI is InChI=1S/C15H15BrFNO2/c16-14-7-2-11(17)10-15(14)20-9-1-8-19-13-5-3-12(18)4-6-13/h2-7,10H,1,8-9,18H2. The molecule has 0 saturated heterocycles. The molecule has 0 radical (unpaired) electrons. The molecule has 5 heteroatoms. The Labute approximate surface area is 125 Å². The second-order valence-electron chi connectivity index (χ2n) is 4.19. The molecule has 0 heterocycles. The van der Waals surface area contributed by atoms with E-state index in [1.807, 2.05) is 12.1 Å². The van der Waals surface area contributed by atoms with Crippen LogP contribution in [0.3, 0.4) is 0 Å². The molecule has 0 aliphatic carbocycles. The van der Waals surface area contributed by atoms with Gasteiger partial charge in [0.05, 0.1) is 17.7 Å². The summed E-state index contributed by atoms with van der Waals surface area (Å²) in [5.74, 6) is 0.949. The molecule has 0 aliphatic heterocycles. The summed E-state index contributed by atoms with van der Waals surface area (Å²) in [7, 11) is 0. The van der Waals surface area contributed by atoms with Crippen LogP contribution in [-0.4, -0.2) is 13.2 Å². The van der Waals surface area contributed by atoms with E-state index >= 15 is 0 Å². The van der Waals surface area contributed by atoms with Gasteiger partial charge in [-0.3, -0.25) is 0 Å². The van der Waals surface area contributed by atoms with Crippen LogP contribution in [0, 0.1) is 5.82 Å². The van der Waals surface area contributed by atoms with Crippen LogP contribution in [0.25, 0.3) is 0 Å². The van der Waals surface area contributed by atoms with Crippen LogP contribution in [-0.2, 0) is 0 Å². The molecule has 106 valence electrons. The highest BCUT2D eigenvalue weighted by Crippen LogP contribution is 2.25. The lowest BCUT2D eigenvalue weighted by Gasteiger charge is -2.09. The van der Waals surface area contributed by atoms with E-state index in [0.29, 0.717) is 31.1 Å². The first-order valence-electron chi connectivity index (χ1n) is 6.21. The monoisotopic (exact) mass is 339 g/mol. The Hall–Kier alpha value is -1.75. The summed E-state index contributed by atoms with van der Waals surface area (Å²) in [5.41, 5.74) is 6.29. The Balaban J connectivity index is 1.71. The van der Waals surface area contributed by atoms with Crippen molar-refractivity contribution in [2.24, 2.45) is 0 Å². The van der Waals surface area contributed by atoms with E-state index < -0.39 is 0 Å². The predicted octanol–water partition coefficient (Wildman–Crippen LogP) is 4.02. The topological polar surface area (TPSA) is 44.5 Å². The van der Waals surface area contributed by atoms with Gasteiger partial charge in [-0.2, -0.15) is 0 Å². The third kappa shape index (κ3) is 4.42. The highest BCUT2D eigenvalue weighted by molar-refractivity contribution is 9.10. The van der Waals surface area contributed by atoms with Crippen molar-refractivity contribution in [1.82, 2.24) is 0 Å². The molecule has 3 nitrogen and oxygen atoms in total. The Morgan fingerprint density at radius 3 is 2.45 bits per heavy atom. The van der Waals surface area contributed by atoms with Crippen molar-refractivity contribution < 1.29 is 13.9 Å². The molecule has 0 fully saturated rings. The van der Waals surface area contributed by atoms with E-state index in [1.54, 1.807) is 18.2 Å². The zero-order chi connectivity index (χ0) is 14.4. The highest BCUT2D eigenvalue weighted by atomic mass is 79.9. The third-order valence-corrected chi connectivity index (χ3v) is 3.24. The quantitative estimate of drug-likeness (QED) is 0.638. The third-order valence-electron chi connectivity index (χ3n) is 2.59. The maximum Gasteiger partial charge on any atom is 0.136 e. The second kappa shape index (κ2) is 7.14. The van der Waals surface area contributed by atoms with Gasteiger partial charge in [0, 0.05) is 18.2 Å². The lowest BCUT2D eigenvalue weighted by Crippen LogP contribution is -2.05. The Bertz CT molecular complexity index is 560. The first-order valence-corrected chi connectivity index (χ1v) is 7.00. The molecule has 0 spiro atoms. The van der Waals surface area contributed by atoms with Crippen LogP contribution in [0.1, 0.15) is 6.42 Å². The van der Waals surface area contributed by atoms with Gasteiger partial charge in [0.1, 0.15) is 17.3 Å². The SMILES string of the molecule is Nc1ccc(OCCCOc2cc(F)ccc2Br)cc1. The summed E-state index contributed by atoms with van der Waals surface area (Å²) in [4.78, 5) is 0. The van der Waals surface area contributed by atoms with E-state index in [-0.39, 0.29) is 5.82 Å². The van der Waals surface area contributed by atoms with Crippen molar-refractivity contribution in [3.8, 4) is 11.5 Å². The van der Waals surface area contributed by atoms with Gasteiger partial charge in [0.15, 0.2) is 0 Å². The van der Waals surface area contributed by atoms with Gasteiger partial charge in [0.2, 0.25) is 0 Å². The number of benzene rings is 2. The second-order valence-corrected chi connectivity index (χ2v) is 5.05. The number of nitrogen functional groups attached to an aromatic ring is 1. The fourth-order valence-electron chi connectivity index (χ4n) is 1.58. The van der Waals surface area contributed by atoms with Crippen LogP contribution in [0.5, 0.6) is 11.5 Å². The highest BCUT2D eigenvalue weighted by Gasteiger charge is 2.02. The number of nitrogens with two attached hydrogens (primary N) is 1. The molecule has 0 saturated carbocycles. The molecule has 20 heavy (non-hydrogen) atoms. The number of halogens is 2. The maximum atomic E-state index is 13.0. The van der Waals surface area contributed by atoms with Crippen LogP contribution >= 0.6 is 15.9 Å². The molecule has 0 atom stereocenters. The maximum absolute atomic E-state index is 13.0. The number of hydrogen-bond acceptors (Lipinski definition) is 3. The minimum Gasteiger partial charge on any atom is -0.493 e. The Morgan fingerprint density at radius 1 is 1.00 bits per heavy atom. The first-order chi connectivity index (χ1) is 9.65. The molecule has 2 aromatic carbocycles. The zero-order valence-electron chi connectivity index (χ0n) is 10.8. The summed E-state index contributed by atoms with van der Waals surface area (Å²) >= 11 is 3.31. The summed E-state index contributed by atoms with van der Waals surface area (Å²) in [5, 5.41) is 0. The molecular formula is C15H15BrFNO2. The smallest absolute Gasteiger partial charge is 0.136 e. The van der Waals surface area contributed by atoms with E-state index in [9.17, 15) is 4.39 Å². The van der Waals surface area contributed by atoms with Gasteiger partial charge in [-0.25, -0.2) is 4.39 Å². The van der Waals surface area contributed by atoms with Crippen molar-refractivity contribution in [2.45, 2.75) is 6.42 Å². The van der Waals surface area contributed by atoms with Crippen molar-refractivity contribution in [3.05, 3.63) is 52.8 Å². The molecule has 0 bridgehead atoms. The largest absolute Gasteiger partial charge is 0.493 e. The zero-order valence-corrected chi connectivity index (χ0v) is 12.4. The predicted molar refractivity (Wildman–Crippen MR) is 80.6 cm³/mol. The molecule has 0 unspecified atom stereocenters. The molecule has 0 aliphatic rings. The molecular weight excluding hydrogens is 325 g/mol. The van der Waals surface area contributed by atoms with Crippen molar-refractivity contribution in [2.75, 3.05) is 18.9 Å². The molecule has 0 aromatic heterocycles. The number of ether oxygens (including phenoxy) is 2. The molecule has 2 rings (SSSR count). The fraction of sp³-hybridized carbons (Fsp3) is 0.200. The number of hydrogen-bond donors (Lipinski definition) is 1. The Kier molecular flexibility index (Phi) is 5.24. The van der Waals surface area contributed by atoms with Crippen molar-refractivity contribution >= 4 is 21.6 Å². The van der Waals surface area contributed by atoms with Gasteiger partial charge in [-0.1, -0.05) is 0 Å². The molecule has 2 N–H and O–H groups in total.